The van der Waals surface area contributed by atoms with E-state index in [1.807, 2.05) is 18.7 Å². The Morgan fingerprint density at radius 1 is 0.972 bits per heavy atom. The first-order chi connectivity index (χ1) is 16.4. The van der Waals surface area contributed by atoms with Crippen LogP contribution in [0.5, 0.6) is 0 Å². The van der Waals surface area contributed by atoms with Gasteiger partial charge >= 0.3 is 0 Å². The molecular formula is C22H29Cl2NO9S2. The van der Waals surface area contributed by atoms with Crippen LogP contribution in [0.15, 0.2) is 73.1 Å². The lowest BCUT2D eigenvalue weighted by atomic mass is 10.0. The number of halogens is 2. The lowest BCUT2D eigenvalue weighted by molar-refractivity contribution is -2.00. The maximum absolute atomic E-state index is 8.60. The summed E-state index contributed by atoms with van der Waals surface area (Å²) in [6.07, 6.45) is 1.15. The lowest BCUT2D eigenvalue weighted by Gasteiger charge is -2.27. The molecule has 1 N–H and O–H groups in total. The van der Waals surface area contributed by atoms with Gasteiger partial charge in [0, 0.05) is 6.92 Å². The van der Waals surface area contributed by atoms with Gasteiger partial charge in [0.2, 0.25) is 0 Å². The molecule has 1 aliphatic rings. The molecule has 36 heavy (non-hydrogen) atoms. The van der Waals surface area contributed by atoms with Crippen molar-refractivity contribution in [3.8, 4) is 0 Å². The summed E-state index contributed by atoms with van der Waals surface area (Å²) < 4.78 is 72.5. The molecule has 0 spiro atoms. The molecule has 0 fully saturated rings. The summed E-state index contributed by atoms with van der Waals surface area (Å²) in [5.41, 5.74) is -0.135. The summed E-state index contributed by atoms with van der Waals surface area (Å²) in [6, 6.07) is 17.7. The van der Waals surface area contributed by atoms with Crippen LogP contribution in [0.4, 0.5) is 0 Å². The van der Waals surface area contributed by atoms with E-state index < -0.39 is 20.5 Å². The Labute approximate surface area is 222 Å². The molecule has 0 amide bonds. The number of nitrogens with zero attached hydrogens (tertiary/aromatic N) is 1. The molecule has 0 radical (unpaired) electrons. The van der Waals surface area contributed by atoms with Crippen molar-refractivity contribution in [2.75, 3.05) is 5.75 Å². The fraction of sp³-hybridized carbons (Fsp3) is 0.409. The molecule has 2 aromatic rings. The largest absolute Gasteiger partial charge is 0.479 e. The third-order valence-electron chi connectivity index (χ3n) is 4.50. The highest BCUT2D eigenvalue weighted by atomic mass is 35.7. The predicted molar refractivity (Wildman–Crippen MR) is 116 cm³/mol. The van der Waals surface area contributed by atoms with E-state index in [1.165, 1.54) is 19.6 Å². The van der Waals surface area contributed by atoms with Crippen LogP contribution in [0.1, 0.15) is 41.0 Å². The molecule has 0 aliphatic carbocycles. The zero-order chi connectivity index (χ0) is 27.7. The zero-order valence-corrected chi connectivity index (χ0v) is 23.5. The number of ether oxygens (including phenoxy) is 1. The van der Waals surface area contributed by atoms with E-state index in [-0.39, 0.29) is 22.5 Å². The number of benzene rings is 2. The van der Waals surface area contributed by atoms with E-state index in [9.17, 15) is 0 Å². The van der Waals surface area contributed by atoms with Crippen molar-refractivity contribution in [1.82, 2.24) is 0 Å². The van der Waals surface area contributed by atoms with E-state index in [0.29, 0.717) is 0 Å². The van der Waals surface area contributed by atoms with Crippen molar-refractivity contribution in [2.45, 2.75) is 72.3 Å². The van der Waals surface area contributed by atoms with Crippen molar-refractivity contribution < 1.29 is 62.5 Å². The Kier molecular flexibility index (Phi) is 12.9. The van der Waals surface area contributed by atoms with Gasteiger partial charge in [-0.05, 0) is 51.5 Å². The van der Waals surface area contributed by atoms with Crippen molar-refractivity contribution in [3.63, 3.8) is 0 Å². The molecule has 202 valence electrons. The molecule has 0 saturated heterocycles. The Bertz CT molecular complexity index is 930. The molecule has 3 rings (SSSR count). The minimum Gasteiger partial charge on any atom is -0.479 e. The number of fused-ring (bicyclic) bond motifs is 2. The second-order valence-electron chi connectivity index (χ2n) is 7.95. The molecule has 1 atom stereocenters. The quantitative estimate of drug-likeness (QED) is 0.218. The Morgan fingerprint density at radius 2 is 1.36 bits per heavy atom. The first-order valence-electron chi connectivity index (χ1n) is 10.5. The van der Waals surface area contributed by atoms with E-state index in [2.05, 4.69) is 76.2 Å². The van der Waals surface area contributed by atoms with Crippen molar-refractivity contribution in [1.29, 1.82) is 0 Å². The Balaban J connectivity index is 0.000000550. The van der Waals surface area contributed by atoms with Crippen LogP contribution in [-0.2, 0) is 15.6 Å². The highest BCUT2D eigenvalue weighted by Crippen LogP contribution is 2.46. The SMILES string of the molecule is CCC(C)(C[S+]1c2ccccc2Sc2ccccc21)N=C(C)OC(C)C.[O-][Cl+3]([O-])([O-])O.[O-][Cl+3]([O-])([O-])[O-]. The van der Waals surface area contributed by atoms with Gasteiger partial charge in [0.05, 0.1) is 41.7 Å². The smallest absolute Gasteiger partial charge is 0.180 e. The average Bonchev–Trinajstić information content (AvgIpc) is 2.70. The molecule has 0 bridgehead atoms. The first-order valence-corrected chi connectivity index (χ1v) is 15.2. The van der Waals surface area contributed by atoms with E-state index >= 15 is 0 Å². The third-order valence-corrected chi connectivity index (χ3v) is 8.59. The highest BCUT2D eigenvalue weighted by Gasteiger charge is 2.41. The van der Waals surface area contributed by atoms with Crippen LogP contribution in [0.2, 0.25) is 0 Å². The summed E-state index contributed by atoms with van der Waals surface area (Å²) in [5.74, 6) is 1.80. The fourth-order valence-electron chi connectivity index (χ4n) is 3.14. The number of hydrogen-bond acceptors (Lipinski definition) is 11. The highest BCUT2D eigenvalue weighted by molar-refractivity contribution is 8.04. The van der Waals surface area contributed by atoms with Gasteiger partial charge in [0.1, 0.15) is 11.3 Å². The Morgan fingerprint density at radius 3 is 1.72 bits per heavy atom. The van der Waals surface area contributed by atoms with Crippen LogP contribution in [-0.4, -0.2) is 28.0 Å². The van der Waals surface area contributed by atoms with Crippen molar-refractivity contribution in [3.05, 3.63) is 48.5 Å². The standard InChI is InChI=1S/C22H28NOS2.2ClHO4/c1-6-22(5,23-17(4)24-16(2)3)15-26-20-13-9-7-11-18(20)25-19-12-8-10-14-21(19)26;2*2-1(3,4)5/h7-14,16H,6,15H2,1-5H3;2*(H,2,3,4,5)/q+1;;/p-1. The van der Waals surface area contributed by atoms with Gasteiger partial charge in [-0.3, -0.25) is 0 Å². The maximum Gasteiger partial charge on any atom is 0.180 e. The zero-order valence-electron chi connectivity index (χ0n) is 20.3. The van der Waals surface area contributed by atoms with E-state index in [4.69, 9.17) is 47.0 Å². The molecule has 1 unspecified atom stereocenters. The lowest BCUT2D eigenvalue weighted by Crippen LogP contribution is -2.68. The summed E-state index contributed by atoms with van der Waals surface area (Å²) in [4.78, 5) is 10.7. The normalized spacial score (nSPS) is 15.4. The fourth-order valence-corrected chi connectivity index (χ4v) is 7.41. The number of rotatable bonds is 5. The molecule has 2 aromatic carbocycles. The topological polar surface area (TPSA) is 203 Å². The average molecular weight is 587 g/mol. The predicted octanol–water partition coefficient (Wildman–Crippen LogP) is -2.68. The molecule has 1 aliphatic heterocycles. The number of aliphatic imine (C=N–C) groups is 1. The molecular weight excluding hydrogens is 557 g/mol. The van der Waals surface area contributed by atoms with Crippen LogP contribution in [0.3, 0.4) is 0 Å². The molecule has 0 aromatic heterocycles. The summed E-state index contributed by atoms with van der Waals surface area (Å²) in [6.45, 7) is 10.6. The van der Waals surface area contributed by atoms with Crippen LogP contribution >= 0.6 is 11.8 Å². The maximum atomic E-state index is 8.60. The first kappa shape index (κ1) is 32.9. The Hall–Kier alpha value is -1.13. The van der Waals surface area contributed by atoms with Gasteiger partial charge in [0.15, 0.2) is 15.7 Å². The van der Waals surface area contributed by atoms with Gasteiger partial charge < -0.3 is 4.74 Å². The second kappa shape index (κ2) is 14.1. The van der Waals surface area contributed by atoms with Gasteiger partial charge in [-0.15, -0.1) is 10.2 Å². The van der Waals surface area contributed by atoms with Crippen molar-refractivity contribution in [2.24, 2.45) is 4.99 Å². The minimum atomic E-state index is -4.94. The summed E-state index contributed by atoms with van der Waals surface area (Å²) in [5, 5.41) is 0. The van der Waals surface area contributed by atoms with Gasteiger partial charge in [-0.25, -0.2) is 23.6 Å². The van der Waals surface area contributed by atoms with E-state index in [1.54, 1.807) is 0 Å². The van der Waals surface area contributed by atoms with Gasteiger partial charge in [0.25, 0.3) is 0 Å². The minimum absolute atomic E-state index is 0.0236. The van der Waals surface area contributed by atoms with Crippen molar-refractivity contribution >= 4 is 28.6 Å². The number of hydrogen-bond donors (Lipinski definition) is 1. The second-order valence-corrected chi connectivity index (χ2v) is 12.5. The molecule has 10 nitrogen and oxygen atoms in total. The molecule has 1 heterocycles. The van der Waals surface area contributed by atoms with Crippen LogP contribution in [0.25, 0.3) is 0 Å². The van der Waals surface area contributed by atoms with Crippen LogP contribution < -0.4 is 32.6 Å². The van der Waals surface area contributed by atoms with Crippen LogP contribution in [0, 0.1) is 20.5 Å². The molecule has 0 saturated carbocycles. The molecule has 14 heteroatoms. The van der Waals surface area contributed by atoms with E-state index in [0.717, 1.165) is 18.1 Å². The summed E-state index contributed by atoms with van der Waals surface area (Å²) in [7, 11) is -9.62. The van der Waals surface area contributed by atoms with Gasteiger partial charge in [-0.1, -0.05) is 43.0 Å². The monoisotopic (exact) mass is 585 g/mol. The van der Waals surface area contributed by atoms with Gasteiger partial charge in [-0.2, -0.15) is 14.0 Å². The summed E-state index contributed by atoms with van der Waals surface area (Å²) >= 11 is 1.89. The third kappa shape index (κ3) is 13.4.